The molecule has 2 aromatic heterocycles. The quantitative estimate of drug-likeness (QED) is 0.730. The smallest absolute Gasteiger partial charge is 0.175 e. The number of benzene rings is 1. The molecular weight excluding hydrogens is 293 g/mol. The number of nitrogens with zero attached hydrogens (tertiary/aromatic N) is 5. The predicted octanol–water partition coefficient (Wildman–Crippen LogP) is 2.59. The van der Waals surface area contributed by atoms with Crippen LogP contribution in [0.15, 0.2) is 42.7 Å². The molecule has 3 aromatic rings. The minimum Gasteiger partial charge on any atom is -0.349 e. The van der Waals surface area contributed by atoms with Crippen molar-refractivity contribution in [1.82, 2.24) is 14.6 Å². The number of fused-ring (bicyclic) bond motifs is 1. The van der Waals surface area contributed by atoms with E-state index in [1.807, 2.05) is 36.1 Å². The average molecular weight is 307 g/mol. The summed E-state index contributed by atoms with van der Waals surface area (Å²) in [7, 11) is 0. The van der Waals surface area contributed by atoms with Crippen LogP contribution in [0, 0.1) is 18.3 Å². The van der Waals surface area contributed by atoms with E-state index in [0.717, 1.165) is 16.9 Å². The zero-order chi connectivity index (χ0) is 16.0. The van der Waals surface area contributed by atoms with Crippen LogP contribution < -0.4 is 4.90 Å². The zero-order valence-electron chi connectivity index (χ0n) is 12.6. The molecule has 1 aliphatic rings. The summed E-state index contributed by atoms with van der Waals surface area (Å²) < 4.78 is 16.8. The number of alkyl halides is 1. The van der Waals surface area contributed by atoms with Gasteiger partial charge in [-0.2, -0.15) is 14.9 Å². The van der Waals surface area contributed by atoms with Crippen LogP contribution in [0.3, 0.4) is 0 Å². The molecule has 3 heterocycles. The lowest BCUT2D eigenvalue weighted by Gasteiger charge is -2.46. The van der Waals surface area contributed by atoms with Crippen LogP contribution in [0.5, 0.6) is 0 Å². The Morgan fingerprint density at radius 2 is 2.04 bits per heavy atom. The fourth-order valence-corrected chi connectivity index (χ4v) is 3.16. The van der Waals surface area contributed by atoms with E-state index in [2.05, 4.69) is 16.2 Å². The lowest BCUT2D eigenvalue weighted by atomic mass is 9.85. The van der Waals surface area contributed by atoms with E-state index in [1.165, 1.54) is 6.20 Å². The summed E-state index contributed by atoms with van der Waals surface area (Å²) in [6.45, 7) is 2.45. The van der Waals surface area contributed by atoms with Gasteiger partial charge in [0.2, 0.25) is 0 Å². The first-order chi connectivity index (χ1) is 11.1. The summed E-state index contributed by atoms with van der Waals surface area (Å²) >= 11 is 0. The highest BCUT2D eigenvalue weighted by atomic mass is 19.1. The maximum atomic E-state index is 15.2. The second-order valence-electron chi connectivity index (χ2n) is 5.84. The van der Waals surface area contributed by atoms with Gasteiger partial charge in [-0.25, -0.2) is 9.37 Å². The fraction of sp³-hybridized carbons (Fsp3) is 0.235. The number of aryl methyl sites for hydroxylation is 1. The molecule has 0 atom stereocenters. The van der Waals surface area contributed by atoms with Crippen LogP contribution in [0.25, 0.3) is 5.65 Å². The Bertz CT molecular complexity index is 934. The second kappa shape index (κ2) is 4.78. The van der Waals surface area contributed by atoms with Crippen molar-refractivity contribution in [3.63, 3.8) is 0 Å². The van der Waals surface area contributed by atoms with Crippen molar-refractivity contribution in [3.05, 3.63) is 59.4 Å². The van der Waals surface area contributed by atoms with Gasteiger partial charge in [0.25, 0.3) is 0 Å². The highest BCUT2D eigenvalue weighted by Crippen LogP contribution is 2.40. The first-order valence-electron chi connectivity index (χ1n) is 7.35. The minimum absolute atomic E-state index is 0.263. The molecule has 0 bridgehead atoms. The number of rotatable bonds is 2. The lowest BCUT2D eigenvalue weighted by molar-refractivity contribution is 0.118. The van der Waals surface area contributed by atoms with Crippen LogP contribution in [0.4, 0.5) is 10.2 Å². The molecule has 0 spiro atoms. The standard InChI is InChI=1S/C17H14FN5/c1-12-4-2-3-5-14(12)17(18)10-22(11-17)15-6-7-20-16-13(8-19)9-21-23(15)16/h2-7,9H,10-11H2,1H3. The van der Waals surface area contributed by atoms with Crippen molar-refractivity contribution in [2.45, 2.75) is 12.6 Å². The van der Waals surface area contributed by atoms with Crippen molar-refractivity contribution in [1.29, 1.82) is 5.26 Å². The molecule has 0 aliphatic carbocycles. The third-order valence-corrected chi connectivity index (χ3v) is 4.34. The number of halogens is 1. The largest absolute Gasteiger partial charge is 0.349 e. The minimum atomic E-state index is -1.36. The monoisotopic (exact) mass is 307 g/mol. The van der Waals surface area contributed by atoms with Crippen molar-refractivity contribution in [2.24, 2.45) is 0 Å². The van der Waals surface area contributed by atoms with Crippen molar-refractivity contribution >= 4 is 11.5 Å². The van der Waals surface area contributed by atoms with Gasteiger partial charge in [0.15, 0.2) is 11.3 Å². The van der Waals surface area contributed by atoms with Gasteiger partial charge in [0.05, 0.1) is 19.3 Å². The van der Waals surface area contributed by atoms with Gasteiger partial charge in [-0.15, -0.1) is 0 Å². The maximum absolute atomic E-state index is 15.2. The van der Waals surface area contributed by atoms with E-state index in [1.54, 1.807) is 16.8 Å². The molecule has 1 aliphatic heterocycles. The number of aromatic nitrogens is 3. The number of hydrogen-bond donors (Lipinski definition) is 0. The Hall–Kier alpha value is -2.94. The molecule has 1 saturated heterocycles. The molecule has 23 heavy (non-hydrogen) atoms. The SMILES string of the molecule is Cc1ccccc1C1(F)CN(c2ccnc3c(C#N)cnn23)C1. The normalized spacial score (nSPS) is 16.1. The molecule has 1 fully saturated rings. The third kappa shape index (κ3) is 1.97. The molecule has 0 N–H and O–H groups in total. The van der Waals surface area contributed by atoms with Crippen molar-refractivity contribution in [2.75, 3.05) is 18.0 Å². The van der Waals surface area contributed by atoms with Gasteiger partial charge in [0.1, 0.15) is 17.5 Å². The molecular formula is C17H14FN5. The second-order valence-corrected chi connectivity index (χ2v) is 5.84. The number of anilines is 1. The first-order valence-corrected chi connectivity index (χ1v) is 7.35. The Morgan fingerprint density at radius 1 is 1.26 bits per heavy atom. The highest BCUT2D eigenvalue weighted by Gasteiger charge is 2.46. The molecule has 4 rings (SSSR count). The Labute approximate surface area is 132 Å². The van der Waals surface area contributed by atoms with E-state index in [9.17, 15) is 0 Å². The summed E-state index contributed by atoms with van der Waals surface area (Å²) in [6.07, 6.45) is 3.11. The summed E-state index contributed by atoms with van der Waals surface area (Å²) in [5, 5.41) is 13.3. The van der Waals surface area contributed by atoms with Crippen molar-refractivity contribution in [3.8, 4) is 6.07 Å². The highest BCUT2D eigenvalue weighted by molar-refractivity contribution is 5.60. The van der Waals surface area contributed by atoms with E-state index in [-0.39, 0.29) is 13.1 Å². The van der Waals surface area contributed by atoms with E-state index in [4.69, 9.17) is 5.26 Å². The maximum Gasteiger partial charge on any atom is 0.175 e. The van der Waals surface area contributed by atoms with E-state index >= 15 is 4.39 Å². The number of nitriles is 1. The van der Waals surface area contributed by atoms with Crippen LogP contribution in [-0.4, -0.2) is 27.7 Å². The van der Waals surface area contributed by atoms with Gasteiger partial charge in [-0.1, -0.05) is 24.3 Å². The zero-order valence-corrected chi connectivity index (χ0v) is 12.6. The summed E-state index contributed by atoms with van der Waals surface area (Å²) in [4.78, 5) is 6.09. The topological polar surface area (TPSA) is 57.2 Å². The van der Waals surface area contributed by atoms with Gasteiger partial charge in [-0.05, 0) is 24.1 Å². The number of hydrogen-bond acceptors (Lipinski definition) is 4. The Morgan fingerprint density at radius 3 is 2.78 bits per heavy atom. The van der Waals surface area contributed by atoms with Gasteiger partial charge >= 0.3 is 0 Å². The molecule has 1 aromatic carbocycles. The van der Waals surface area contributed by atoms with Gasteiger partial charge in [0, 0.05) is 6.20 Å². The fourth-order valence-electron chi connectivity index (χ4n) is 3.16. The molecule has 5 nitrogen and oxygen atoms in total. The molecule has 0 amide bonds. The van der Waals surface area contributed by atoms with Crippen molar-refractivity contribution < 1.29 is 4.39 Å². The van der Waals surface area contributed by atoms with Gasteiger partial charge in [-0.3, -0.25) is 0 Å². The summed E-state index contributed by atoms with van der Waals surface area (Å²) in [6, 6.07) is 11.4. The molecule has 0 saturated carbocycles. The Balaban J connectivity index is 1.67. The first kappa shape index (κ1) is 13.7. The lowest BCUT2D eigenvalue weighted by Crippen LogP contribution is -2.57. The predicted molar refractivity (Wildman–Crippen MR) is 83.9 cm³/mol. The molecule has 6 heteroatoms. The van der Waals surface area contributed by atoms with Crippen LogP contribution in [0.1, 0.15) is 16.7 Å². The Kier molecular flexibility index (Phi) is 2.85. The van der Waals surface area contributed by atoms with Crippen LogP contribution in [0.2, 0.25) is 0 Å². The van der Waals surface area contributed by atoms with E-state index < -0.39 is 5.67 Å². The van der Waals surface area contributed by atoms with Crippen LogP contribution >= 0.6 is 0 Å². The molecule has 0 radical (unpaired) electrons. The van der Waals surface area contributed by atoms with Gasteiger partial charge < -0.3 is 4.90 Å². The molecule has 114 valence electrons. The average Bonchev–Trinajstić information content (AvgIpc) is 2.95. The molecule has 0 unspecified atom stereocenters. The van der Waals surface area contributed by atoms with Crippen LogP contribution in [-0.2, 0) is 5.67 Å². The third-order valence-electron chi connectivity index (χ3n) is 4.34. The summed E-state index contributed by atoms with van der Waals surface area (Å²) in [5.74, 6) is 0.748. The summed E-state index contributed by atoms with van der Waals surface area (Å²) in [5.41, 5.74) is 1.25. The van der Waals surface area contributed by atoms with E-state index in [0.29, 0.717) is 11.2 Å².